The average Bonchev–Trinajstić information content (AvgIpc) is 2.16. The van der Waals surface area contributed by atoms with Gasteiger partial charge in [-0.2, -0.15) is 0 Å². The van der Waals surface area contributed by atoms with Gasteiger partial charge in [-0.15, -0.1) is 0 Å². The Labute approximate surface area is 95.0 Å². The van der Waals surface area contributed by atoms with Crippen molar-refractivity contribution < 1.29 is 4.79 Å². The topological polar surface area (TPSA) is 20.3 Å². The molecule has 2 nitrogen and oxygen atoms in total. The quantitative estimate of drug-likeness (QED) is 0.690. The first-order valence-electron chi connectivity index (χ1n) is 5.81. The number of rotatable bonds is 2. The SMILES string of the molecule is C.CC(C)C(=O)N1CCCC(C(C)C)C1. The van der Waals surface area contributed by atoms with Crippen molar-refractivity contribution >= 4 is 5.91 Å². The Hall–Kier alpha value is -0.530. The molecule has 0 radical (unpaired) electrons. The molecule has 1 amide bonds. The number of hydrogen-bond donors (Lipinski definition) is 0. The predicted octanol–water partition coefficient (Wildman–Crippen LogP) is 3.17. The molecule has 90 valence electrons. The van der Waals surface area contributed by atoms with E-state index < -0.39 is 0 Å². The van der Waals surface area contributed by atoms with Crippen molar-refractivity contribution in [2.75, 3.05) is 13.1 Å². The Balaban J connectivity index is 0.00000196. The zero-order valence-electron chi connectivity index (χ0n) is 9.92. The third-order valence-corrected chi connectivity index (χ3v) is 3.21. The number of likely N-dealkylation sites (tertiary alicyclic amines) is 1. The lowest BCUT2D eigenvalue weighted by Gasteiger charge is -2.35. The first-order chi connectivity index (χ1) is 6.52. The van der Waals surface area contributed by atoms with Crippen LogP contribution < -0.4 is 0 Å². The zero-order valence-corrected chi connectivity index (χ0v) is 9.92. The van der Waals surface area contributed by atoms with Crippen molar-refractivity contribution in [2.24, 2.45) is 17.8 Å². The highest BCUT2D eigenvalue weighted by molar-refractivity contribution is 5.78. The molecule has 1 fully saturated rings. The average molecular weight is 213 g/mol. The van der Waals surface area contributed by atoms with Crippen LogP contribution in [0, 0.1) is 17.8 Å². The van der Waals surface area contributed by atoms with Gasteiger partial charge in [-0.25, -0.2) is 0 Å². The summed E-state index contributed by atoms with van der Waals surface area (Å²) >= 11 is 0. The van der Waals surface area contributed by atoms with Crippen LogP contribution in [0.5, 0.6) is 0 Å². The Bertz CT molecular complexity index is 199. The summed E-state index contributed by atoms with van der Waals surface area (Å²) in [5.41, 5.74) is 0. The summed E-state index contributed by atoms with van der Waals surface area (Å²) in [6.45, 7) is 10.4. The summed E-state index contributed by atoms with van der Waals surface area (Å²) in [7, 11) is 0. The van der Waals surface area contributed by atoms with Gasteiger partial charge in [0.05, 0.1) is 0 Å². The first-order valence-corrected chi connectivity index (χ1v) is 5.81. The highest BCUT2D eigenvalue weighted by atomic mass is 16.2. The smallest absolute Gasteiger partial charge is 0.225 e. The third-order valence-electron chi connectivity index (χ3n) is 3.21. The van der Waals surface area contributed by atoms with E-state index in [9.17, 15) is 4.79 Å². The molecule has 0 bridgehead atoms. The molecule has 0 saturated carbocycles. The molecule has 15 heavy (non-hydrogen) atoms. The lowest BCUT2D eigenvalue weighted by Crippen LogP contribution is -2.43. The lowest BCUT2D eigenvalue weighted by molar-refractivity contribution is -0.136. The van der Waals surface area contributed by atoms with Gasteiger partial charge in [0.15, 0.2) is 0 Å². The lowest BCUT2D eigenvalue weighted by atomic mass is 9.87. The number of carbonyl (C=O) groups excluding carboxylic acids is 1. The van der Waals surface area contributed by atoms with Crippen LogP contribution >= 0.6 is 0 Å². The molecule has 1 atom stereocenters. The first kappa shape index (κ1) is 14.5. The van der Waals surface area contributed by atoms with Crippen molar-refractivity contribution in [1.82, 2.24) is 4.90 Å². The fraction of sp³-hybridized carbons (Fsp3) is 0.923. The van der Waals surface area contributed by atoms with Crippen LogP contribution in [0.25, 0.3) is 0 Å². The fourth-order valence-corrected chi connectivity index (χ4v) is 2.12. The Morgan fingerprint density at radius 1 is 1.27 bits per heavy atom. The molecule has 1 unspecified atom stereocenters. The summed E-state index contributed by atoms with van der Waals surface area (Å²) in [6, 6.07) is 0. The minimum Gasteiger partial charge on any atom is -0.342 e. The van der Waals surface area contributed by atoms with Crippen LogP contribution in [0.15, 0.2) is 0 Å². The molecule has 0 aromatic rings. The van der Waals surface area contributed by atoms with E-state index in [1.807, 2.05) is 13.8 Å². The third kappa shape index (κ3) is 3.84. The number of nitrogens with zero attached hydrogens (tertiary/aromatic N) is 1. The van der Waals surface area contributed by atoms with Crippen LogP contribution in [0.2, 0.25) is 0 Å². The van der Waals surface area contributed by atoms with E-state index in [4.69, 9.17) is 0 Å². The second kappa shape index (κ2) is 6.14. The largest absolute Gasteiger partial charge is 0.342 e. The summed E-state index contributed by atoms with van der Waals surface area (Å²) in [5, 5.41) is 0. The number of piperidine rings is 1. The van der Waals surface area contributed by atoms with E-state index >= 15 is 0 Å². The van der Waals surface area contributed by atoms with Crippen molar-refractivity contribution in [3.05, 3.63) is 0 Å². The molecule has 1 aliphatic heterocycles. The van der Waals surface area contributed by atoms with E-state index in [-0.39, 0.29) is 13.3 Å². The molecular formula is C13H27NO. The van der Waals surface area contributed by atoms with Gasteiger partial charge in [0.2, 0.25) is 5.91 Å². The fourth-order valence-electron chi connectivity index (χ4n) is 2.12. The maximum atomic E-state index is 11.8. The van der Waals surface area contributed by atoms with Gasteiger partial charge in [-0.3, -0.25) is 4.79 Å². The molecule has 0 spiro atoms. The molecule has 1 heterocycles. The second-order valence-electron chi connectivity index (χ2n) is 5.09. The van der Waals surface area contributed by atoms with Gasteiger partial charge in [-0.05, 0) is 24.7 Å². The molecule has 0 N–H and O–H groups in total. The Morgan fingerprint density at radius 3 is 2.33 bits per heavy atom. The molecule has 0 aromatic carbocycles. The summed E-state index contributed by atoms with van der Waals surface area (Å²) in [6.07, 6.45) is 2.47. The van der Waals surface area contributed by atoms with Gasteiger partial charge in [0.25, 0.3) is 0 Å². The van der Waals surface area contributed by atoms with Crippen molar-refractivity contribution in [3.8, 4) is 0 Å². The molecule has 1 rings (SSSR count). The van der Waals surface area contributed by atoms with Crippen molar-refractivity contribution in [1.29, 1.82) is 0 Å². The number of amides is 1. The van der Waals surface area contributed by atoms with E-state index in [2.05, 4.69) is 18.7 Å². The monoisotopic (exact) mass is 213 g/mol. The minimum atomic E-state index is 0. The second-order valence-corrected chi connectivity index (χ2v) is 5.09. The highest BCUT2D eigenvalue weighted by Gasteiger charge is 2.26. The molecule has 0 aliphatic carbocycles. The van der Waals surface area contributed by atoms with E-state index in [0.717, 1.165) is 13.1 Å². The Kier molecular flexibility index (Phi) is 5.92. The molecular weight excluding hydrogens is 186 g/mol. The number of hydrogen-bond acceptors (Lipinski definition) is 1. The van der Waals surface area contributed by atoms with E-state index in [1.165, 1.54) is 12.8 Å². The number of carbonyl (C=O) groups is 1. The van der Waals surface area contributed by atoms with Gasteiger partial charge in [-0.1, -0.05) is 35.1 Å². The van der Waals surface area contributed by atoms with Crippen molar-refractivity contribution in [2.45, 2.75) is 48.0 Å². The maximum Gasteiger partial charge on any atom is 0.225 e. The Morgan fingerprint density at radius 2 is 1.87 bits per heavy atom. The van der Waals surface area contributed by atoms with Gasteiger partial charge in [0, 0.05) is 19.0 Å². The summed E-state index contributed by atoms with van der Waals surface area (Å²) in [4.78, 5) is 13.8. The maximum absolute atomic E-state index is 11.8. The van der Waals surface area contributed by atoms with Crippen molar-refractivity contribution in [3.63, 3.8) is 0 Å². The molecule has 1 saturated heterocycles. The summed E-state index contributed by atoms with van der Waals surface area (Å²) < 4.78 is 0. The van der Waals surface area contributed by atoms with Crippen LogP contribution in [0.1, 0.15) is 48.0 Å². The van der Waals surface area contributed by atoms with Gasteiger partial charge < -0.3 is 4.90 Å². The van der Waals surface area contributed by atoms with Gasteiger partial charge in [0.1, 0.15) is 0 Å². The van der Waals surface area contributed by atoms with Gasteiger partial charge >= 0.3 is 0 Å². The summed E-state index contributed by atoms with van der Waals surface area (Å²) in [5.74, 6) is 1.90. The highest BCUT2D eigenvalue weighted by Crippen LogP contribution is 2.24. The zero-order chi connectivity index (χ0) is 10.7. The standard InChI is InChI=1S/C12H23NO.CH4/c1-9(2)11-6-5-7-13(8-11)12(14)10(3)4;/h9-11H,5-8H2,1-4H3;1H4. The van der Waals surface area contributed by atoms with Crippen LogP contribution in [-0.4, -0.2) is 23.9 Å². The molecule has 2 heteroatoms. The van der Waals surface area contributed by atoms with E-state index in [0.29, 0.717) is 17.7 Å². The van der Waals surface area contributed by atoms with Crippen LogP contribution in [0.4, 0.5) is 0 Å². The normalized spacial score (nSPS) is 21.7. The van der Waals surface area contributed by atoms with Crippen LogP contribution in [-0.2, 0) is 4.79 Å². The molecule has 1 aliphatic rings. The molecule has 0 aromatic heterocycles. The van der Waals surface area contributed by atoms with Crippen LogP contribution in [0.3, 0.4) is 0 Å². The predicted molar refractivity (Wildman–Crippen MR) is 65.7 cm³/mol. The van der Waals surface area contributed by atoms with E-state index in [1.54, 1.807) is 0 Å². The minimum absolute atomic E-state index is 0.